The maximum absolute atomic E-state index is 13.0. The van der Waals surface area contributed by atoms with Crippen LogP contribution in [0.5, 0.6) is 5.75 Å². The van der Waals surface area contributed by atoms with E-state index in [-0.39, 0.29) is 23.6 Å². The molecule has 2 amide bonds. The Balaban J connectivity index is 1.45. The van der Waals surface area contributed by atoms with E-state index in [1.54, 1.807) is 18.2 Å². The number of nitrogens with one attached hydrogen (secondary N) is 1. The van der Waals surface area contributed by atoms with Crippen LogP contribution in [-0.4, -0.2) is 22.7 Å². The molecule has 0 spiro atoms. The largest absolute Gasteiger partial charge is 0.488 e. The molecule has 1 heterocycles. The Labute approximate surface area is 183 Å². The number of hydrogen-bond donors (Lipinski definition) is 1. The lowest BCUT2D eigenvalue weighted by Crippen LogP contribution is -2.33. The molecule has 0 aromatic heterocycles. The molecule has 1 aliphatic heterocycles. The summed E-state index contributed by atoms with van der Waals surface area (Å²) in [5.74, 6) is -0.113. The number of carbonyl (C=O) groups is 2. The van der Waals surface area contributed by atoms with Crippen molar-refractivity contribution in [3.8, 4) is 5.75 Å². The molecule has 7 heteroatoms. The molecule has 31 heavy (non-hydrogen) atoms. The molecule has 1 saturated heterocycles. The van der Waals surface area contributed by atoms with Crippen LogP contribution in [0, 0.1) is 5.82 Å². The monoisotopic (exact) mass is 434 g/mol. The summed E-state index contributed by atoms with van der Waals surface area (Å²) in [4.78, 5) is 26.6. The van der Waals surface area contributed by atoms with Gasteiger partial charge in [0.2, 0.25) is 0 Å². The topological polar surface area (TPSA) is 58.6 Å². The van der Waals surface area contributed by atoms with E-state index in [0.717, 1.165) is 27.8 Å². The van der Waals surface area contributed by atoms with Crippen LogP contribution in [-0.2, 0) is 11.4 Å². The number of ether oxygens (including phenoxy) is 1. The van der Waals surface area contributed by atoms with Crippen molar-refractivity contribution in [3.63, 3.8) is 0 Å². The number of imide groups is 1. The Morgan fingerprint density at radius 3 is 2.42 bits per heavy atom. The third-order valence-corrected chi connectivity index (χ3v) is 5.51. The second-order valence-electron chi connectivity index (χ2n) is 6.76. The van der Waals surface area contributed by atoms with Gasteiger partial charge in [0.1, 0.15) is 18.2 Å². The Kier molecular flexibility index (Phi) is 6.33. The number of benzene rings is 3. The first-order chi connectivity index (χ1) is 15.1. The van der Waals surface area contributed by atoms with Crippen LogP contribution < -0.4 is 10.1 Å². The molecule has 0 atom stereocenters. The molecule has 0 radical (unpaired) electrons. The van der Waals surface area contributed by atoms with Gasteiger partial charge in [0, 0.05) is 11.3 Å². The van der Waals surface area contributed by atoms with Gasteiger partial charge in [-0.3, -0.25) is 14.5 Å². The Morgan fingerprint density at radius 1 is 0.935 bits per heavy atom. The fourth-order valence-corrected chi connectivity index (χ4v) is 3.81. The minimum atomic E-state index is -0.387. The van der Waals surface area contributed by atoms with Crippen LogP contribution in [0.4, 0.5) is 14.9 Å². The van der Waals surface area contributed by atoms with Crippen molar-refractivity contribution < 1.29 is 18.7 Å². The summed E-state index contributed by atoms with van der Waals surface area (Å²) in [6.07, 6.45) is 1.67. The van der Waals surface area contributed by atoms with E-state index in [1.807, 2.05) is 54.6 Å². The number of amides is 2. The molecule has 0 unspecified atom stereocenters. The Bertz CT molecular complexity index is 1120. The molecule has 0 aliphatic carbocycles. The first-order valence-corrected chi connectivity index (χ1v) is 10.4. The van der Waals surface area contributed by atoms with E-state index in [2.05, 4.69) is 5.32 Å². The molecule has 1 N–H and O–H groups in total. The predicted molar refractivity (Wildman–Crippen MR) is 120 cm³/mol. The Morgan fingerprint density at radius 2 is 1.65 bits per heavy atom. The highest BCUT2D eigenvalue weighted by molar-refractivity contribution is 8.18. The van der Waals surface area contributed by atoms with Gasteiger partial charge in [-0.25, -0.2) is 4.39 Å². The van der Waals surface area contributed by atoms with E-state index in [0.29, 0.717) is 22.9 Å². The van der Waals surface area contributed by atoms with Crippen molar-refractivity contribution in [1.82, 2.24) is 4.90 Å². The van der Waals surface area contributed by atoms with Gasteiger partial charge in [0.15, 0.2) is 0 Å². The molecule has 4 rings (SSSR count). The number of rotatable bonds is 7. The van der Waals surface area contributed by atoms with Gasteiger partial charge in [-0.2, -0.15) is 0 Å². The number of halogens is 1. The van der Waals surface area contributed by atoms with Crippen molar-refractivity contribution in [2.24, 2.45) is 0 Å². The second-order valence-corrected chi connectivity index (χ2v) is 7.76. The summed E-state index contributed by atoms with van der Waals surface area (Å²) in [7, 11) is 0. The molecule has 1 aliphatic rings. The summed E-state index contributed by atoms with van der Waals surface area (Å²) >= 11 is 0.880. The van der Waals surface area contributed by atoms with Gasteiger partial charge >= 0.3 is 0 Å². The van der Waals surface area contributed by atoms with E-state index < -0.39 is 0 Å². The normalized spacial score (nSPS) is 14.9. The lowest BCUT2D eigenvalue weighted by molar-refractivity contribution is -0.122. The van der Waals surface area contributed by atoms with Crippen LogP contribution in [0.1, 0.15) is 11.1 Å². The first kappa shape index (κ1) is 20.7. The van der Waals surface area contributed by atoms with Crippen LogP contribution in [0.2, 0.25) is 0 Å². The van der Waals surface area contributed by atoms with Gasteiger partial charge < -0.3 is 10.1 Å². The average Bonchev–Trinajstić information content (AvgIpc) is 3.06. The zero-order valence-electron chi connectivity index (χ0n) is 16.5. The fraction of sp³-hybridized carbons (Fsp3) is 0.0833. The molecule has 3 aromatic carbocycles. The number of hydrogen-bond acceptors (Lipinski definition) is 5. The van der Waals surface area contributed by atoms with Crippen molar-refractivity contribution >= 4 is 34.7 Å². The minimum Gasteiger partial charge on any atom is -0.488 e. The lowest BCUT2D eigenvalue weighted by atomic mass is 10.1. The van der Waals surface area contributed by atoms with Crippen LogP contribution in [0.15, 0.2) is 83.8 Å². The Hall–Kier alpha value is -3.58. The molecule has 156 valence electrons. The molecule has 5 nitrogen and oxygen atoms in total. The van der Waals surface area contributed by atoms with Crippen molar-refractivity contribution in [3.05, 3.63) is 101 Å². The van der Waals surface area contributed by atoms with Gasteiger partial charge in [-0.15, -0.1) is 0 Å². The molecular weight excluding hydrogens is 415 g/mol. The highest BCUT2D eigenvalue weighted by Crippen LogP contribution is 2.34. The number of thioether (sulfide) groups is 1. The predicted octanol–water partition coefficient (Wildman–Crippen LogP) is 5.51. The average molecular weight is 434 g/mol. The smallest absolute Gasteiger partial charge is 0.295 e. The number of carbonyl (C=O) groups excluding carboxylic acids is 2. The van der Waals surface area contributed by atoms with E-state index in [9.17, 15) is 14.0 Å². The molecule has 1 fully saturated rings. The third kappa shape index (κ3) is 5.13. The van der Waals surface area contributed by atoms with Crippen molar-refractivity contribution in [2.75, 3.05) is 12.0 Å². The standard InChI is InChI=1S/C24H19FN2O3S/c25-19-10-12-20(13-11-19)26-16-27-23(28)22(31-24(27)29)14-18-8-4-5-9-21(18)30-15-17-6-2-1-3-7-17/h1-14,26H,15-16H2. The maximum Gasteiger partial charge on any atom is 0.295 e. The zero-order valence-corrected chi connectivity index (χ0v) is 17.3. The summed E-state index contributed by atoms with van der Waals surface area (Å²) in [5.41, 5.74) is 2.36. The lowest BCUT2D eigenvalue weighted by Gasteiger charge is -2.14. The molecule has 3 aromatic rings. The third-order valence-electron chi connectivity index (χ3n) is 4.60. The second kappa shape index (κ2) is 9.49. The number of anilines is 1. The van der Waals surface area contributed by atoms with Gasteiger partial charge in [0.25, 0.3) is 11.1 Å². The number of para-hydroxylation sites is 1. The number of nitrogens with zero attached hydrogens (tertiary/aromatic N) is 1. The van der Waals surface area contributed by atoms with Crippen molar-refractivity contribution in [1.29, 1.82) is 0 Å². The summed E-state index contributed by atoms with van der Waals surface area (Å²) in [6, 6.07) is 22.9. The fourth-order valence-electron chi connectivity index (χ4n) is 2.98. The van der Waals surface area contributed by atoms with Gasteiger partial charge in [0.05, 0.1) is 11.6 Å². The van der Waals surface area contributed by atoms with Crippen molar-refractivity contribution in [2.45, 2.75) is 6.61 Å². The molecular formula is C24H19FN2O3S. The quantitative estimate of drug-likeness (QED) is 0.497. The van der Waals surface area contributed by atoms with E-state index in [4.69, 9.17) is 4.74 Å². The summed E-state index contributed by atoms with van der Waals surface area (Å²) in [6.45, 7) is 0.397. The van der Waals surface area contributed by atoms with Crippen LogP contribution in [0.3, 0.4) is 0 Å². The highest BCUT2D eigenvalue weighted by atomic mass is 32.2. The maximum atomic E-state index is 13.0. The van der Waals surface area contributed by atoms with E-state index >= 15 is 0 Å². The first-order valence-electron chi connectivity index (χ1n) is 9.61. The SMILES string of the molecule is O=C1SC(=Cc2ccccc2OCc2ccccc2)C(=O)N1CNc1ccc(F)cc1. The van der Waals surface area contributed by atoms with Gasteiger partial charge in [-0.1, -0.05) is 48.5 Å². The molecule has 0 bridgehead atoms. The highest BCUT2D eigenvalue weighted by Gasteiger charge is 2.35. The van der Waals surface area contributed by atoms with Gasteiger partial charge in [-0.05, 0) is 53.7 Å². The van der Waals surface area contributed by atoms with Crippen LogP contribution >= 0.6 is 11.8 Å². The zero-order chi connectivity index (χ0) is 21.6. The summed E-state index contributed by atoms with van der Waals surface area (Å²) < 4.78 is 19.0. The van der Waals surface area contributed by atoms with Crippen LogP contribution in [0.25, 0.3) is 6.08 Å². The minimum absolute atomic E-state index is 0.000205. The van der Waals surface area contributed by atoms with E-state index in [1.165, 1.54) is 12.1 Å². The summed E-state index contributed by atoms with van der Waals surface area (Å²) in [5, 5.41) is 2.59. The molecule has 0 saturated carbocycles.